The van der Waals surface area contributed by atoms with Crippen molar-refractivity contribution in [3.8, 4) is 27.9 Å². The minimum absolute atomic E-state index is 0.0231. The first-order valence-electron chi connectivity index (χ1n) is 20.3. The van der Waals surface area contributed by atoms with Crippen LogP contribution < -0.4 is 16.2 Å². The zero-order valence-corrected chi connectivity index (χ0v) is 34.1. The van der Waals surface area contributed by atoms with Crippen LogP contribution in [0.4, 0.5) is 11.4 Å². The maximum atomic E-state index is 6.52. The van der Waals surface area contributed by atoms with Crippen LogP contribution >= 0.6 is 0 Å². The summed E-state index contributed by atoms with van der Waals surface area (Å²) in [6.45, 7) is 18.5. The van der Waals surface area contributed by atoms with Gasteiger partial charge in [0.25, 0.3) is 0 Å². The van der Waals surface area contributed by atoms with Gasteiger partial charge in [0.05, 0.1) is 5.52 Å². The van der Waals surface area contributed by atoms with Crippen LogP contribution in [0.2, 0.25) is 0 Å². The summed E-state index contributed by atoms with van der Waals surface area (Å²) in [4.78, 5) is 0. The second-order valence-electron chi connectivity index (χ2n) is 19.0. The van der Waals surface area contributed by atoms with E-state index in [1.807, 2.05) is 0 Å². The van der Waals surface area contributed by atoms with Crippen molar-refractivity contribution in [3.05, 3.63) is 150 Å². The lowest BCUT2D eigenvalue weighted by molar-refractivity contribution is 0.590. The predicted octanol–water partition coefficient (Wildman–Crippen LogP) is 13.0. The summed E-state index contributed by atoms with van der Waals surface area (Å²) in [5, 5.41) is 8.69. The molecule has 1 aliphatic carbocycles. The van der Waals surface area contributed by atoms with Crippen LogP contribution in [0.25, 0.3) is 71.7 Å². The van der Waals surface area contributed by atoms with E-state index in [1.165, 1.54) is 77.5 Å². The van der Waals surface area contributed by atoms with Crippen LogP contribution in [-0.2, 0) is 16.2 Å². The van der Waals surface area contributed by atoms with E-state index >= 15 is 0 Å². The number of furan rings is 1. The molecule has 0 saturated carbocycles. The smallest absolute Gasteiger partial charge is 0.198 e. The van der Waals surface area contributed by atoms with E-state index in [2.05, 4.69) is 200 Å². The molecule has 3 nitrogen and oxygen atoms in total. The third-order valence-electron chi connectivity index (χ3n) is 12.9. The molecule has 2 aliphatic rings. The third kappa shape index (κ3) is 4.99. The van der Waals surface area contributed by atoms with Crippen LogP contribution in [0.15, 0.2) is 132 Å². The van der Waals surface area contributed by atoms with Crippen LogP contribution in [-0.4, -0.2) is 11.8 Å². The number of nitrogens with zero attached hydrogens (tertiary/aromatic N) is 1. The lowest BCUT2D eigenvalue weighted by atomic mass is 9.59. The molecule has 1 N–H and O–H groups in total. The summed E-state index contributed by atoms with van der Waals surface area (Å²) in [6, 6.07) is 47.6. The molecule has 1 aliphatic heterocycles. The van der Waals surface area contributed by atoms with Crippen molar-refractivity contribution < 1.29 is 4.42 Å². The highest BCUT2D eigenvalue weighted by atomic mass is 16.3. The molecule has 0 bridgehead atoms. The zero-order chi connectivity index (χ0) is 39.2. The Morgan fingerprint density at radius 1 is 0.561 bits per heavy atom. The number of nitrogens with one attached hydrogen (secondary N) is 1. The molecular formula is C53H46BN2O. The van der Waals surface area contributed by atoms with Crippen molar-refractivity contribution >= 4 is 73.3 Å². The second kappa shape index (κ2) is 11.5. The highest BCUT2D eigenvalue weighted by Gasteiger charge is 2.37. The minimum atomic E-state index is -0.113. The van der Waals surface area contributed by atoms with Crippen molar-refractivity contribution in [2.75, 3.05) is 5.32 Å². The fourth-order valence-electron chi connectivity index (χ4n) is 9.75. The molecule has 0 atom stereocenters. The first-order valence-corrected chi connectivity index (χ1v) is 20.3. The van der Waals surface area contributed by atoms with E-state index < -0.39 is 0 Å². The molecule has 0 saturated heterocycles. The Morgan fingerprint density at radius 3 is 2.09 bits per heavy atom. The summed E-state index contributed by atoms with van der Waals surface area (Å²) >= 11 is 0. The number of para-hydroxylation sites is 1. The second-order valence-corrected chi connectivity index (χ2v) is 19.0. The SMILES string of the molecule is CC(C)(C)c1ccc(Nc2ccc(C(C)(C)C)cc2-c2ccc3c4cc5c(cc4n4c3c2[B]c2cc3oc6ccccc6c3cc2-4)C(C)(C)c2ccccc2-5)cc1. The van der Waals surface area contributed by atoms with E-state index in [0.717, 1.165) is 38.8 Å². The van der Waals surface area contributed by atoms with Gasteiger partial charge in [-0.15, -0.1) is 0 Å². The first kappa shape index (κ1) is 34.3. The molecule has 11 rings (SSSR count). The van der Waals surface area contributed by atoms with Crippen molar-refractivity contribution in [2.45, 2.75) is 71.6 Å². The predicted molar refractivity (Wildman–Crippen MR) is 243 cm³/mol. The maximum absolute atomic E-state index is 6.52. The standard InChI is InChI=1S/C53H46BN2O/c1-51(2,3)30-17-20-32(21-18-30)55-44-24-19-31(52(4,5)6)25-38(44)35-22-23-36-39-26-37-33-13-9-11-15-41(33)53(7,8)42(37)28-45(39)56-46-27-40-34-14-10-12-16-47(34)57-48(40)29-43(46)54-49(35)50(36)56/h9-29,55H,1-8H3. The van der Waals surface area contributed by atoms with Crippen LogP contribution in [0.3, 0.4) is 0 Å². The van der Waals surface area contributed by atoms with Gasteiger partial charge >= 0.3 is 0 Å². The molecule has 0 unspecified atom stereocenters. The highest BCUT2D eigenvalue weighted by Crippen LogP contribution is 2.51. The first-order chi connectivity index (χ1) is 27.3. The minimum Gasteiger partial charge on any atom is -0.456 e. The largest absolute Gasteiger partial charge is 0.456 e. The number of fused-ring (bicyclic) bond motifs is 11. The topological polar surface area (TPSA) is 30.1 Å². The normalized spacial score (nSPS) is 14.2. The Kier molecular flexibility index (Phi) is 6.94. The lowest BCUT2D eigenvalue weighted by Crippen LogP contribution is -2.37. The third-order valence-corrected chi connectivity index (χ3v) is 12.9. The molecule has 0 amide bonds. The quantitative estimate of drug-likeness (QED) is 0.183. The number of aromatic nitrogens is 1. The Labute approximate surface area is 335 Å². The molecule has 3 heterocycles. The average Bonchev–Trinajstić information content (AvgIpc) is 3.79. The van der Waals surface area contributed by atoms with E-state index in [-0.39, 0.29) is 16.2 Å². The van der Waals surface area contributed by atoms with Gasteiger partial charge in [-0.3, -0.25) is 0 Å². The van der Waals surface area contributed by atoms with E-state index in [1.54, 1.807) is 0 Å². The molecule has 9 aromatic rings. The fourth-order valence-corrected chi connectivity index (χ4v) is 9.75. The fraction of sp³-hybridized carbons (Fsp3) is 0.208. The zero-order valence-electron chi connectivity index (χ0n) is 34.1. The van der Waals surface area contributed by atoms with E-state index in [0.29, 0.717) is 0 Å². The van der Waals surface area contributed by atoms with Gasteiger partial charge < -0.3 is 14.3 Å². The van der Waals surface area contributed by atoms with Crippen molar-refractivity contribution in [1.29, 1.82) is 0 Å². The molecule has 4 heteroatoms. The summed E-state index contributed by atoms with van der Waals surface area (Å²) in [5.74, 6) is 0. The van der Waals surface area contributed by atoms with Crippen LogP contribution in [0.5, 0.6) is 0 Å². The Bertz CT molecular complexity index is 3160. The van der Waals surface area contributed by atoms with Gasteiger partial charge in [0.15, 0.2) is 7.28 Å². The van der Waals surface area contributed by atoms with Gasteiger partial charge in [0.1, 0.15) is 11.2 Å². The van der Waals surface area contributed by atoms with Crippen molar-refractivity contribution in [3.63, 3.8) is 0 Å². The molecule has 2 aromatic heterocycles. The Morgan fingerprint density at radius 2 is 1.30 bits per heavy atom. The molecule has 57 heavy (non-hydrogen) atoms. The number of rotatable bonds is 3. The van der Waals surface area contributed by atoms with Crippen molar-refractivity contribution in [1.82, 2.24) is 4.57 Å². The molecular weight excluding hydrogens is 691 g/mol. The Balaban J connectivity index is 1.20. The molecule has 0 fully saturated rings. The maximum Gasteiger partial charge on any atom is 0.198 e. The van der Waals surface area contributed by atoms with Gasteiger partial charge in [-0.1, -0.05) is 134 Å². The number of anilines is 2. The Hall–Kier alpha value is -6.00. The lowest BCUT2D eigenvalue weighted by Gasteiger charge is -2.26. The van der Waals surface area contributed by atoms with E-state index in [9.17, 15) is 0 Å². The molecule has 7 aromatic carbocycles. The van der Waals surface area contributed by atoms with Gasteiger partial charge in [-0.05, 0) is 110 Å². The molecule has 277 valence electrons. The van der Waals surface area contributed by atoms with Gasteiger partial charge in [-0.2, -0.15) is 0 Å². The molecule has 1 radical (unpaired) electrons. The van der Waals surface area contributed by atoms with Crippen LogP contribution in [0.1, 0.15) is 77.6 Å². The van der Waals surface area contributed by atoms with Crippen molar-refractivity contribution in [2.24, 2.45) is 0 Å². The van der Waals surface area contributed by atoms with Crippen LogP contribution in [0, 0.1) is 0 Å². The number of hydrogen-bond donors (Lipinski definition) is 1. The van der Waals surface area contributed by atoms with Gasteiger partial charge in [-0.25, -0.2) is 0 Å². The van der Waals surface area contributed by atoms with E-state index in [4.69, 9.17) is 4.42 Å². The summed E-state index contributed by atoms with van der Waals surface area (Å²) < 4.78 is 9.08. The number of hydrogen-bond acceptors (Lipinski definition) is 2. The number of benzene rings is 7. The summed E-state index contributed by atoms with van der Waals surface area (Å²) in [7, 11) is 2.41. The molecule has 0 spiro atoms. The summed E-state index contributed by atoms with van der Waals surface area (Å²) in [5.41, 5.74) is 20.5. The van der Waals surface area contributed by atoms with Gasteiger partial charge in [0.2, 0.25) is 0 Å². The monoisotopic (exact) mass is 737 g/mol. The van der Waals surface area contributed by atoms with Gasteiger partial charge in [0, 0.05) is 55.1 Å². The summed E-state index contributed by atoms with van der Waals surface area (Å²) in [6.07, 6.45) is 0. The average molecular weight is 738 g/mol. The highest BCUT2D eigenvalue weighted by molar-refractivity contribution is 6.73.